The molecule has 2 aromatic carbocycles. The van der Waals surface area contributed by atoms with E-state index in [0.717, 1.165) is 35.3 Å². The van der Waals surface area contributed by atoms with E-state index in [1.165, 1.54) is 0 Å². The number of nitrogens with zero attached hydrogens (tertiary/aromatic N) is 1. The Morgan fingerprint density at radius 1 is 1.04 bits per heavy atom. The molecule has 1 heterocycles. The van der Waals surface area contributed by atoms with Crippen LogP contribution in [0.2, 0.25) is 0 Å². The quantitative estimate of drug-likeness (QED) is 0.903. The van der Waals surface area contributed by atoms with Crippen LogP contribution in [0.5, 0.6) is 0 Å². The zero-order valence-electron chi connectivity index (χ0n) is 14.8. The van der Waals surface area contributed by atoms with E-state index in [0.29, 0.717) is 6.54 Å². The largest absolute Gasteiger partial charge is 0.326 e. The third-order valence-electron chi connectivity index (χ3n) is 4.82. The molecule has 0 radical (unpaired) electrons. The molecular weight excluding hydrogens is 312 g/mol. The summed E-state index contributed by atoms with van der Waals surface area (Å²) < 4.78 is 0. The number of nitrogens with one attached hydrogen (secondary N) is 1. The maximum atomic E-state index is 12.7. The molecule has 2 amide bonds. The fourth-order valence-corrected chi connectivity index (χ4v) is 3.37. The molecule has 1 N–H and O–H groups in total. The average molecular weight is 336 g/mol. The molecule has 4 heteroatoms. The zero-order valence-corrected chi connectivity index (χ0v) is 14.8. The molecule has 25 heavy (non-hydrogen) atoms. The summed E-state index contributed by atoms with van der Waals surface area (Å²) >= 11 is 0. The van der Waals surface area contributed by atoms with Gasteiger partial charge in [0.05, 0.1) is 5.92 Å². The summed E-state index contributed by atoms with van der Waals surface area (Å²) in [4.78, 5) is 26.9. The minimum Gasteiger partial charge on any atom is -0.326 e. The Morgan fingerprint density at radius 2 is 1.68 bits per heavy atom. The molecule has 1 fully saturated rings. The molecule has 3 rings (SSSR count). The van der Waals surface area contributed by atoms with Gasteiger partial charge in [-0.05, 0) is 36.1 Å². The lowest BCUT2D eigenvalue weighted by atomic mass is 10.1. The van der Waals surface area contributed by atoms with Crippen LogP contribution in [0.1, 0.15) is 31.4 Å². The van der Waals surface area contributed by atoms with Gasteiger partial charge in [-0.25, -0.2) is 0 Å². The van der Waals surface area contributed by atoms with Crippen molar-refractivity contribution in [1.29, 1.82) is 0 Å². The highest BCUT2D eigenvalue weighted by molar-refractivity contribution is 6.04. The van der Waals surface area contributed by atoms with Gasteiger partial charge in [-0.15, -0.1) is 0 Å². The first kappa shape index (κ1) is 17.2. The van der Waals surface area contributed by atoms with Gasteiger partial charge >= 0.3 is 0 Å². The SMILES string of the molecule is CCc1ccccc1NC(=O)[C@H]1CC(=O)N(c2ccccc2CC)C1. The second-order valence-corrected chi connectivity index (χ2v) is 6.39. The molecule has 1 atom stereocenters. The fraction of sp³-hybridized carbons (Fsp3) is 0.333. The van der Waals surface area contributed by atoms with Crippen molar-refractivity contribution in [3.63, 3.8) is 0 Å². The highest BCUT2D eigenvalue weighted by atomic mass is 16.2. The number of carbonyl (C=O) groups is 2. The lowest BCUT2D eigenvalue weighted by Gasteiger charge is -2.20. The van der Waals surface area contributed by atoms with E-state index in [1.807, 2.05) is 48.5 Å². The third kappa shape index (κ3) is 3.58. The van der Waals surface area contributed by atoms with Crippen molar-refractivity contribution in [2.75, 3.05) is 16.8 Å². The minimum absolute atomic E-state index is 0.0184. The monoisotopic (exact) mass is 336 g/mol. The Hall–Kier alpha value is -2.62. The van der Waals surface area contributed by atoms with Crippen molar-refractivity contribution in [2.24, 2.45) is 5.92 Å². The van der Waals surface area contributed by atoms with Crippen LogP contribution in [-0.4, -0.2) is 18.4 Å². The number of benzene rings is 2. The normalized spacial score (nSPS) is 17.0. The first-order valence-corrected chi connectivity index (χ1v) is 8.91. The van der Waals surface area contributed by atoms with E-state index < -0.39 is 0 Å². The van der Waals surface area contributed by atoms with Gasteiger partial charge in [0.15, 0.2) is 0 Å². The molecular formula is C21H24N2O2. The Morgan fingerprint density at radius 3 is 2.40 bits per heavy atom. The molecule has 0 aliphatic carbocycles. The first-order valence-electron chi connectivity index (χ1n) is 8.91. The second-order valence-electron chi connectivity index (χ2n) is 6.39. The topological polar surface area (TPSA) is 49.4 Å². The van der Waals surface area contributed by atoms with Gasteiger partial charge in [0, 0.05) is 24.3 Å². The highest BCUT2D eigenvalue weighted by Gasteiger charge is 2.35. The first-order chi connectivity index (χ1) is 12.1. The molecule has 2 aromatic rings. The van der Waals surface area contributed by atoms with Gasteiger partial charge in [-0.1, -0.05) is 50.2 Å². The standard InChI is InChI=1S/C21H24N2O2/c1-3-15-9-5-7-11-18(15)22-21(25)17-13-20(24)23(14-17)19-12-8-6-10-16(19)4-2/h5-12,17H,3-4,13-14H2,1-2H3,(H,22,25)/t17-/m0/s1. The van der Waals surface area contributed by atoms with Crippen LogP contribution in [0.15, 0.2) is 48.5 Å². The summed E-state index contributed by atoms with van der Waals surface area (Å²) in [5.41, 5.74) is 4.01. The van der Waals surface area contributed by atoms with Crippen molar-refractivity contribution in [1.82, 2.24) is 0 Å². The van der Waals surface area contributed by atoms with Gasteiger partial charge in [0.2, 0.25) is 11.8 Å². The lowest BCUT2D eigenvalue weighted by Crippen LogP contribution is -2.29. The van der Waals surface area contributed by atoms with Crippen LogP contribution in [0.25, 0.3) is 0 Å². The number of hydrogen-bond acceptors (Lipinski definition) is 2. The summed E-state index contributed by atoms with van der Waals surface area (Å²) in [5, 5.41) is 3.01. The third-order valence-corrected chi connectivity index (χ3v) is 4.82. The maximum Gasteiger partial charge on any atom is 0.229 e. The highest BCUT2D eigenvalue weighted by Crippen LogP contribution is 2.29. The van der Waals surface area contributed by atoms with E-state index in [2.05, 4.69) is 19.2 Å². The van der Waals surface area contributed by atoms with Crippen molar-refractivity contribution >= 4 is 23.2 Å². The van der Waals surface area contributed by atoms with Gasteiger partial charge < -0.3 is 10.2 Å². The van der Waals surface area contributed by atoms with Crippen LogP contribution in [-0.2, 0) is 22.4 Å². The summed E-state index contributed by atoms with van der Waals surface area (Å²) in [5.74, 6) is -0.377. The second kappa shape index (κ2) is 7.51. The van der Waals surface area contributed by atoms with E-state index in [9.17, 15) is 9.59 Å². The average Bonchev–Trinajstić information content (AvgIpc) is 3.03. The lowest BCUT2D eigenvalue weighted by molar-refractivity contribution is -0.122. The number of amides is 2. The Labute approximate surface area is 148 Å². The van der Waals surface area contributed by atoms with E-state index in [4.69, 9.17) is 0 Å². The Bertz CT molecular complexity index is 785. The zero-order chi connectivity index (χ0) is 17.8. The van der Waals surface area contributed by atoms with Gasteiger partial charge in [0.25, 0.3) is 0 Å². The molecule has 1 saturated heterocycles. The summed E-state index contributed by atoms with van der Waals surface area (Å²) in [6.07, 6.45) is 1.98. The van der Waals surface area contributed by atoms with Crippen molar-refractivity contribution in [2.45, 2.75) is 33.1 Å². The van der Waals surface area contributed by atoms with Gasteiger partial charge in [0.1, 0.15) is 0 Å². The molecule has 4 nitrogen and oxygen atoms in total. The maximum absolute atomic E-state index is 12.7. The molecule has 1 aliphatic rings. The van der Waals surface area contributed by atoms with E-state index in [1.54, 1.807) is 4.90 Å². The summed E-state index contributed by atoms with van der Waals surface area (Å²) in [6.45, 7) is 4.58. The van der Waals surface area contributed by atoms with E-state index in [-0.39, 0.29) is 24.2 Å². The molecule has 0 spiro atoms. The summed E-state index contributed by atoms with van der Waals surface area (Å²) in [7, 11) is 0. The fourth-order valence-electron chi connectivity index (χ4n) is 3.37. The van der Waals surface area contributed by atoms with Crippen molar-refractivity contribution < 1.29 is 9.59 Å². The van der Waals surface area contributed by atoms with Gasteiger partial charge in [-0.2, -0.15) is 0 Å². The molecule has 0 saturated carbocycles. The van der Waals surface area contributed by atoms with Crippen LogP contribution < -0.4 is 10.2 Å². The predicted molar refractivity (Wildman–Crippen MR) is 101 cm³/mol. The molecule has 130 valence electrons. The van der Waals surface area contributed by atoms with Crippen LogP contribution in [0.3, 0.4) is 0 Å². The molecule has 1 aliphatic heterocycles. The van der Waals surface area contributed by atoms with E-state index >= 15 is 0 Å². The van der Waals surface area contributed by atoms with Crippen molar-refractivity contribution in [3.05, 3.63) is 59.7 Å². The Kier molecular flexibility index (Phi) is 5.17. The molecule has 0 unspecified atom stereocenters. The number of carbonyl (C=O) groups excluding carboxylic acids is 2. The van der Waals surface area contributed by atoms with Crippen molar-refractivity contribution in [3.8, 4) is 0 Å². The summed E-state index contributed by atoms with van der Waals surface area (Å²) in [6, 6.07) is 15.7. The molecule has 0 aromatic heterocycles. The number of rotatable bonds is 5. The van der Waals surface area contributed by atoms with Crippen LogP contribution in [0, 0.1) is 5.92 Å². The van der Waals surface area contributed by atoms with Gasteiger partial charge in [-0.3, -0.25) is 9.59 Å². The number of aryl methyl sites for hydroxylation is 2. The number of anilines is 2. The van der Waals surface area contributed by atoms with Crippen LogP contribution >= 0.6 is 0 Å². The van der Waals surface area contributed by atoms with Crippen LogP contribution in [0.4, 0.5) is 11.4 Å². The minimum atomic E-state index is -0.317. The predicted octanol–water partition coefficient (Wildman–Crippen LogP) is 3.80. The number of hydrogen-bond donors (Lipinski definition) is 1. The molecule has 0 bridgehead atoms. The smallest absolute Gasteiger partial charge is 0.229 e. The number of para-hydroxylation sites is 2. The Balaban J connectivity index is 1.75.